The van der Waals surface area contributed by atoms with Crippen LogP contribution in [0.4, 0.5) is 4.39 Å². The van der Waals surface area contributed by atoms with Crippen LogP contribution in [0.3, 0.4) is 0 Å². The van der Waals surface area contributed by atoms with Crippen molar-refractivity contribution in [1.82, 2.24) is 0 Å². The highest BCUT2D eigenvalue weighted by molar-refractivity contribution is 5.39. The Kier molecular flexibility index (Phi) is 5.17. The van der Waals surface area contributed by atoms with Crippen LogP contribution < -0.4 is 15.2 Å². The molecule has 0 radical (unpaired) electrons. The molecule has 4 heteroatoms. The van der Waals surface area contributed by atoms with Crippen LogP contribution in [0.1, 0.15) is 17.0 Å². The van der Waals surface area contributed by atoms with Crippen LogP contribution in [0.5, 0.6) is 11.5 Å². The largest absolute Gasteiger partial charge is 0.497 e. The molecule has 0 heterocycles. The Morgan fingerprint density at radius 2 is 1.90 bits per heavy atom. The molecule has 0 aromatic heterocycles. The van der Waals surface area contributed by atoms with Crippen molar-refractivity contribution in [3.8, 4) is 11.5 Å². The number of halogens is 1. The van der Waals surface area contributed by atoms with Crippen molar-refractivity contribution in [1.29, 1.82) is 0 Å². The number of rotatable bonds is 6. The van der Waals surface area contributed by atoms with E-state index in [1.807, 2.05) is 24.3 Å². The lowest BCUT2D eigenvalue weighted by Crippen LogP contribution is -2.16. The summed E-state index contributed by atoms with van der Waals surface area (Å²) in [5.74, 6) is 1.17. The van der Waals surface area contributed by atoms with Crippen molar-refractivity contribution in [2.24, 2.45) is 5.73 Å². The number of ether oxygens (including phenoxy) is 2. The zero-order valence-corrected chi connectivity index (χ0v) is 12.3. The number of hydrogen-bond acceptors (Lipinski definition) is 3. The highest BCUT2D eigenvalue weighted by atomic mass is 19.1. The van der Waals surface area contributed by atoms with Gasteiger partial charge in [0.2, 0.25) is 0 Å². The second-order valence-electron chi connectivity index (χ2n) is 4.87. The van der Waals surface area contributed by atoms with Gasteiger partial charge in [0.05, 0.1) is 14.2 Å². The van der Waals surface area contributed by atoms with E-state index in [0.717, 1.165) is 16.9 Å². The molecule has 0 fully saturated rings. The summed E-state index contributed by atoms with van der Waals surface area (Å²) in [6.07, 6.45) is 0.702. The molecule has 0 amide bonds. The van der Waals surface area contributed by atoms with Crippen LogP contribution in [-0.4, -0.2) is 20.8 Å². The smallest absolute Gasteiger partial charge is 0.123 e. The molecule has 0 saturated heterocycles. The molecule has 2 aromatic rings. The Labute approximate surface area is 124 Å². The molecule has 2 N–H and O–H groups in total. The summed E-state index contributed by atoms with van der Waals surface area (Å²) in [7, 11) is 3.21. The first kappa shape index (κ1) is 15.3. The Balaban J connectivity index is 2.29. The first-order valence-electron chi connectivity index (χ1n) is 6.84. The lowest BCUT2D eigenvalue weighted by atomic mass is 9.91. The summed E-state index contributed by atoms with van der Waals surface area (Å²) < 4.78 is 24.1. The molecule has 3 nitrogen and oxygen atoms in total. The first-order valence-corrected chi connectivity index (χ1v) is 6.84. The molecule has 1 unspecified atom stereocenters. The summed E-state index contributed by atoms with van der Waals surface area (Å²) >= 11 is 0. The zero-order valence-electron chi connectivity index (χ0n) is 12.3. The predicted octanol–water partition coefficient (Wildman–Crippen LogP) is 3.13. The quantitative estimate of drug-likeness (QED) is 0.888. The van der Waals surface area contributed by atoms with E-state index in [1.54, 1.807) is 20.3 Å². The molecule has 112 valence electrons. The second-order valence-corrected chi connectivity index (χ2v) is 4.87. The molecule has 0 spiro atoms. The molecule has 0 aliphatic rings. The second kappa shape index (κ2) is 7.09. The summed E-state index contributed by atoms with van der Waals surface area (Å²) in [6.45, 7) is 0.414. The Morgan fingerprint density at radius 3 is 2.57 bits per heavy atom. The van der Waals surface area contributed by atoms with E-state index < -0.39 is 0 Å². The molecule has 2 rings (SSSR count). The van der Waals surface area contributed by atoms with E-state index in [-0.39, 0.29) is 11.7 Å². The van der Waals surface area contributed by atoms with Crippen LogP contribution in [0.15, 0.2) is 42.5 Å². The van der Waals surface area contributed by atoms with Gasteiger partial charge in [0.15, 0.2) is 0 Å². The normalized spacial score (nSPS) is 12.0. The van der Waals surface area contributed by atoms with Gasteiger partial charge in [-0.25, -0.2) is 4.39 Å². The van der Waals surface area contributed by atoms with Gasteiger partial charge in [0.1, 0.15) is 17.3 Å². The van der Waals surface area contributed by atoms with E-state index in [0.29, 0.717) is 18.7 Å². The fourth-order valence-electron chi connectivity index (χ4n) is 2.43. The van der Waals surface area contributed by atoms with Crippen LogP contribution in [0.2, 0.25) is 0 Å². The number of nitrogens with two attached hydrogens (primary N) is 1. The maximum absolute atomic E-state index is 13.5. The highest BCUT2D eigenvalue weighted by Gasteiger charge is 2.16. The fourth-order valence-corrected chi connectivity index (χ4v) is 2.43. The summed E-state index contributed by atoms with van der Waals surface area (Å²) in [6, 6.07) is 12.3. The number of benzene rings is 2. The fraction of sp³-hybridized carbons (Fsp3) is 0.294. The third-order valence-corrected chi connectivity index (χ3v) is 3.53. The summed E-state index contributed by atoms with van der Waals surface area (Å²) in [4.78, 5) is 0. The minimum Gasteiger partial charge on any atom is -0.497 e. The molecular formula is C17H20FNO2. The van der Waals surface area contributed by atoms with E-state index in [1.165, 1.54) is 12.1 Å². The number of hydrogen-bond donors (Lipinski definition) is 1. The van der Waals surface area contributed by atoms with Crippen molar-refractivity contribution in [2.45, 2.75) is 12.3 Å². The van der Waals surface area contributed by atoms with E-state index in [4.69, 9.17) is 15.2 Å². The van der Waals surface area contributed by atoms with Crippen LogP contribution in [-0.2, 0) is 6.42 Å². The summed E-state index contributed by atoms with van der Waals surface area (Å²) in [5, 5.41) is 0. The van der Waals surface area contributed by atoms with Gasteiger partial charge in [0, 0.05) is 11.5 Å². The lowest BCUT2D eigenvalue weighted by molar-refractivity contribution is 0.403. The van der Waals surface area contributed by atoms with Gasteiger partial charge in [-0.2, -0.15) is 0 Å². The molecular weight excluding hydrogens is 269 g/mol. The van der Waals surface area contributed by atoms with Gasteiger partial charge in [-0.15, -0.1) is 0 Å². The molecule has 0 aliphatic heterocycles. The third kappa shape index (κ3) is 3.73. The highest BCUT2D eigenvalue weighted by Crippen LogP contribution is 2.30. The average Bonchev–Trinajstić information content (AvgIpc) is 2.52. The Bertz CT molecular complexity index is 601. The lowest BCUT2D eigenvalue weighted by Gasteiger charge is -2.19. The molecule has 2 aromatic carbocycles. The molecule has 0 bridgehead atoms. The topological polar surface area (TPSA) is 44.5 Å². The van der Waals surface area contributed by atoms with Crippen LogP contribution in [0, 0.1) is 5.82 Å². The summed E-state index contributed by atoms with van der Waals surface area (Å²) in [5.41, 5.74) is 7.78. The van der Waals surface area contributed by atoms with Gasteiger partial charge < -0.3 is 15.2 Å². The van der Waals surface area contributed by atoms with E-state index >= 15 is 0 Å². The molecule has 0 saturated carbocycles. The maximum Gasteiger partial charge on any atom is 0.123 e. The van der Waals surface area contributed by atoms with Crippen molar-refractivity contribution in [2.75, 3.05) is 20.8 Å². The van der Waals surface area contributed by atoms with Crippen molar-refractivity contribution >= 4 is 0 Å². The molecule has 0 aliphatic carbocycles. The van der Waals surface area contributed by atoms with Crippen molar-refractivity contribution < 1.29 is 13.9 Å². The van der Waals surface area contributed by atoms with Gasteiger partial charge in [-0.3, -0.25) is 0 Å². The molecule has 21 heavy (non-hydrogen) atoms. The monoisotopic (exact) mass is 289 g/mol. The predicted molar refractivity (Wildman–Crippen MR) is 81.4 cm³/mol. The van der Waals surface area contributed by atoms with Crippen LogP contribution in [0.25, 0.3) is 0 Å². The van der Waals surface area contributed by atoms with Gasteiger partial charge in [0.25, 0.3) is 0 Å². The first-order chi connectivity index (χ1) is 10.2. The maximum atomic E-state index is 13.5. The van der Waals surface area contributed by atoms with Crippen molar-refractivity contribution in [3.63, 3.8) is 0 Å². The molecule has 1 atom stereocenters. The van der Waals surface area contributed by atoms with Gasteiger partial charge in [-0.1, -0.05) is 12.1 Å². The number of methoxy groups -OCH3 is 2. The van der Waals surface area contributed by atoms with E-state index in [2.05, 4.69) is 0 Å². The Morgan fingerprint density at radius 1 is 1.10 bits per heavy atom. The zero-order chi connectivity index (χ0) is 15.2. The SMILES string of the molecule is COc1cccc(CC(CN)c2cc(F)ccc2OC)c1. The van der Waals surface area contributed by atoms with Gasteiger partial charge >= 0.3 is 0 Å². The van der Waals surface area contributed by atoms with Crippen LogP contribution >= 0.6 is 0 Å². The van der Waals surface area contributed by atoms with Gasteiger partial charge in [-0.05, 0) is 48.9 Å². The standard InChI is InChI=1S/C17H20FNO2/c1-20-15-5-3-4-12(9-15)8-13(11-19)16-10-14(18)6-7-17(16)21-2/h3-7,9-10,13H,8,11,19H2,1-2H3. The van der Waals surface area contributed by atoms with Crippen molar-refractivity contribution in [3.05, 3.63) is 59.4 Å². The third-order valence-electron chi connectivity index (χ3n) is 3.53. The average molecular weight is 289 g/mol. The van der Waals surface area contributed by atoms with E-state index in [9.17, 15) is 4.39 Å². The Hall–Kier alpha value is -2.07. The minimum atomic E-state index is -0.283. The minimum absolute atomic E-state index is 0.0113.